The largest absolute Gasteiger partial charge is 0.418 e. The lowest BCUT2D eigenvalue weighted by Gasteiger charge is -2.13. The zero-order valence-electron chi connectivity index (χ0n) is 6.09. The van der Waals surface area contributed by atoms with Crippen molar-refractivity contribution in [2.24, 2.45) is 0 Å². The Labute approximate surface area is 76.2 Å². The molecular weight excluding hydrogens is 209 g/mol. The molecule has 1 heterocycles. The molecule has 0 fully saturated rings. The van der Waals surface area contributed by atoms with E-state index in [1.807, 2.05) is 0 Å². The van der Waals surface area contributed by atoms with Gasteiger partial charge in [0, 0.05) is 18.0 Å². The Morgan fingerprint density at radius 3 is 2.15 bits per heavy atom. The van der Waals surface area contributed by atoms with E-state index in [-0.39, 0.29) is 5.28 Å². The fourth-order valence-corrected chi connectivity index (χ4v) is 0.750. The zero-order valence-corrected chi connectivity index (χ0v) is 6.84. The first kappa shape index (κ1) is 10.2. The third-order valence-electron chi connectivity index (χ3n) is 1.27. The van der Waals surface area contributed by atoms with Crippen LogP contribution in [0.5, 0.6) is 0 Å². The molecule has 0 aliphatic rings. The van der Waals surface area contributed by atoms with Crippen LogP contribution in [0.15, 0.2) is 12.4 Å². The first-order valence-electron chi connectivity index (χ1n) is 3.13. The molecule has 0 saturated heterocycles. The van der Waals surface area contributed by atoms with Crippen LogP contribution < -0.4 is 0 Å². The van der Waals surface area contributed by atoms with Gasteiger partial charge in [-0.15, -0.1) is 0 Å². The number of alkyl halides is 3. The van der Waals surface area contributed by atoms with Gasteiger partial charge in [-0.3, -0.25) is 0 Å². The molecule has 72 valence electrons. The first-order chi connectivity index (χ1) is 5.91. The molecule has 1 N–H and O–H groups in total. The van der Waals surface area contributed by atoms with Gasteiger partial charge >= 0.3 is 6.18 Å². The van der Waals surface area contributed by atoms with E-state index >= 15 is 0 Å². The highest BCUT2D eigenvalue weighted by Gasteiger charge is 2.39. The molecule has 3 nitrogen and oxygen atoms in total. The van der Waals surface area contributed by atoms with Crippen molar-refractivity contribution in [2.75, 3.05) is 0 Å². The fraction of sp³-hybridized carbons (Fsp3) is 0.333. The van der Waals surface area contributed by atoms with E-state index in [4.69, 9.17) is 16.7 Å². The van der Waals surface area contributed by atoms with Gasteiger partial charge in [0.1, 0.15) is 0 Å². The second kappa shape index (κ2) is 3.47. The summed E-state index contributed by atoms with van der Waals surface area (Å²) < 4.78 is 35.7. The number of nitrogens with zero attached hydrogens (tertiary/aromatic N) is 2. The summed E-state index contributed by atoms with van der Waals surface area (Å²) in [7, 11) is 0. The smallest absolute Gasteiger partial charge is 0.379 e. The number of aliphatic hydroxyl groups is 1. The Kier molecular flexibility index (Phi) is 2.72. The van der Waals surface area contributed by atoms with Crippen LogP contribution >= 0.6 is 11.6 Å². The Hall–Kier alpha value is -0.880. The molecule has 0 saturated carbocycles. The van der Waals surface area contributed by atoms with Gasteiger partial charge < -0.3 is 5.11 Å². The quantitative estimate of drug-likeness (QED) is 0.721. The van der Waals surface area contributed by atoms with Gasteiger partial charge in [0.2, 0.25) is 5.28 Å². The van der Waals surface area contributed by atoms with Crippen LogP contribution in [0.3, 0.4) is 0 Å². The van der Waals surface area contributed by atoms with Crippen molar-refractivity contribution in [3.8, 4) is 0 Å². The number of aliphatic hydroxyl groups excluding tert-OH is 1. The molecule has 0 aliphatic heterocycles. The highest BCUT2D eigenvalue weighted by atomic mass is 35.5. The molecule has 0 aliphatic carbocycles. The lowest BCUT2D eigenvalue weighted by atomic mass is 10.2. The minimum atomic E-state index is -4.71. The maximum Gasteiger partial charge on any atom is 0.418 e. The highest BCUT2D eigenvalue weighted by molar-refractivity contribution is 6.28. The van der Waals surface area contributed by atoms with Crippen molar-refractivity contribution in [3.63, 3.8) is 0 Å². The van der Waals surface area contributed by atoms with Gasteiger partial charge in [0.15, 0.2) is 6.10 Å². The molecule has 0 bridgehead atoms. The molecule has 0 radical (unpaired) electrons. The van der Waals surface area contributed by atoms with Crippen LogP contribution in [-0.2, 0) is 0 Å². The highest BCUT2D eigenvalue weighted by Crippen LogP contribution is 2.31. The second-order valence-corrected chi connectivity index (χ2v) is 2.57. The Bertz CT molecular complexity index is 287. The number of aromatic nitrogens is 2. The topological polar surface area (TPSA) is 46.0 Å². The molecular formula is C6H4ClF3N2O. The normalized spacial score (nSPS) is 14.2. The number of halogens is 4. The average molecular weight is 213 g/mol. The summed E-state index contributed by atoms with van der Waals surface area (Å²) in [6.45, 7) is 0. The minimum Gasteiger partial charge on any atom is -0.379 e. The standard InChI is InChI=1S/C6H4ClF3N2O/c7-5-11-1-3(2-12-5)4(13)6(8,9)10/h1-2,4,13H. The van der Waals surface area contributed by atoms with Crippen molar-refractivity contribution < 1.29 is 18.3 Å². The van der Waals surface area contributed by atoms with Crippen LogP contribution in [0, 0.1) is 0 Å². The van der Waals surface area contributed by atoms with E-state index in [1.165, 1.54) is 0 Å². The zero-order chi connectivity index (χ0) is 10.1. The van der Waals surface area contributed by atoms with E-state index in [0.29, 0.717) is 0 Å². The van der Waals surface area contributed by atoms with Crippen LogP contribution in [-0.4, -0.2) is 21.3 Å². The summed E-state index contributed by atoms with van der Waals surface area (Å²) in [5.74, 6) is 0. The van der Waals surface area contributed by atoms with Crippen LogP contribution in [0.2, 0.25) is 5.28 Å². The van der Waals surface area contributed by atoms with Gasteiger partial charge in [-0.05, 0) is 11.6 Å². The lowest BCUT2D eigenvalue weighted by molar-refractivity contribution is -0.206. The molecule has 1 rings (SSSR count). The summed E-state index contributed by atoms with van der Waals surface area (Å²) in [4.78, 5) is 6.62. The SMILES string of the molecule is OC(c1cnc(Cl)nc1)C(F)(F)F. The van der Waals surface area contributed by atoms with Gasteiger partial charge in [-0.1, -0.05) is 0 Å². The maximum atomic E-state index is 11.9. The van der Waals surface area contributed by atoms with Crippen molar-refractivity contribution in [1.29, 1.82) is 0 Å². The number of hydrogen-bond donors (Lipinski definition) is 1. The maximum absolute atomic E-state index is 11.9. The molecule has 0 aromatic carbocycles. The summed E-state index contributed by atoms with van der Waals surface area (Å²) in [6, 6.07) is 0. The van der Waals surface area contributed by atoms with Gasteiger partial charge in [0.05, 0.1) is 0 Å². The van der Waals surface area contributed by atoms with E-state index in [1.54, 1.807) is 0 Å². The minimum absolute atomic E-state index is 0.168. The summed E-state index contributed by atoms with van der Waals surface area (Å²) in [5.41, 5.74) is -0.433. The summed E-state index contributed by atoms with van der Waals surface area (Å²) in [5, 5.41) is 8.53. The molecule has 1 aromatic heterocycles. The summed E-state index contributed by atoms with van der Waals surface area (Å²) in [6.07, 6.45) is -5.62. The third-order valence-corrected chi connectivity index (χ3v) is 1.46. The summed E-state index contributed by atoms with van der Waals surface area (Å²) >= 11 is 5.25. The molecule has 1 aromatic rings. The van der Waals surface area contributed by atoms with E-state index in [2.05, 4.69) is 9.97 Å². The van der Waals surface area contributed by atoms with Crippen molar-refractivity contribution in [1.82, 2.24) is 9.97 Å². The Morgan fingerprint density at radius 1 is 1.31 bits per heavy atom. The first-order valence-corrected chi connectivity index (χ1v) is 3.51. The second-order valence-electron chi connectivity index (χ2n) is 2.23. The van der Waals surface area contributed by atoms with Crippen molar-refractivity contribution in [3.05, 3.63) is 23.2 Å². The van der Waals surface area contributed by atoms with Crippen LogP contribution in [0.1, 0.15) is 11.7 Å². The van der Waals surface area contributed by atoms with Crippen molar-refractivity contribution >= 4 is 11.6 Å². The number of rotatable bonds is 1. The van der Waals surface area contributed by atoms with Gasteiger partial charge in [0.25, 0.3) is 0 Å². The predicted molar refractivity (Wildman–Crippen MR) is 38.1 cm³/mol. The molecule has 1 atom stereocenters. The molecule has 0 amide bonds. The molecule has 0 spiro atoms. The van der Waals surface area contributed by atoms with Crippen LogP contribution in [0.25, 0.3) is 0 Å². The monoisotopic (exact) mass is 212 g/mol. The van der Waals surface area contributed by atoms with Gasteiger partial charge in [-0.25, -0.2) is 9.97 Å². The third kappa shape index (κ3) is 2.53. The molecule has 13 heavy (non-hydrogen) atoms. The fourth-order valence-electron chi connectivity index (χ4n) is 0.652. The number of hydrogen-bond acceptors (Lipinski definition) is 3. The van der Waals surface area contributed by atoms with Crippen molar-refractivity contribution in [2.45, 2.75) is 12.3 Å². The lowest BCUT2D eigenvalue weighted by Crippen LogP contribution is -2.20. The van der Waals surface area contributed by atoms with E-state index in [0.717, 1.165) is 12.4 Å². The van der Waals surface area contributed by atoms with E-state index < -0.39 is 17.8 Å². The van der Waals surface area contributed by atoms with Crippen LogP contribution in [0.4, 0.5) is 13.2 Å². The Balaban J connectivity index is 2.90. The molecule has 1 unspecified atom stereocenters. The van der Waals surface area contributed by atoms with E-state index in [9.17, 15) is 13.2 Å². The van der Waals surface area contributed by atoms with Gasteiger partial charge in [-0.2, -0.15) is 13.2 Å². The predicted octanol–water partition coefficient (Wildman–Crippen LogP) is 1.73. The Morgan fingerprint density at radius 2 is 1.77 bits per heavy atom. The average Bonchev–Trinajstić information content (AvgIpc) is 2.03. The molecule has 7 heteroatoms.